The molecule has 0 aromatic rings. The third kappa shape index (κ3) is 2.92. The van der Waals surface area contributed by atoms with Gasteiger partial charge in [-0.1, -0.05) is 6.92 Å². The highest BCUT2D eigenvalue weighted by Gasteiger charge is 2.14. The summed E-state index contributed by atoms with van der Waals surface area (Å²) >= 11 is 1.67. The van der Waals surface area contributed by atoms with Gasteiger partial charge in [0.05, 0.1) is 10.8 Å². The van der Waals surface area contributed by atoms with Crippen LogP contribution in [-0.4, -0.2) is 10.5 Å². The summed E-state index contributed by atoms with van der Waals surface area (Å²) in [5.41, 5.74) is 0. The second kappa shape index (κ2) is 2.99. The fourth-order valence-electron chi connectivity index (χ4n) is 0.393. The Balaban J connectivity index is 3.59. The maximum absolute atomic E-state index is 8.45. The quantitative estimate of drug-likeness (QED) is 0.569. The van der Waals surface area contributed by atoms with Gasteiger partial charge in [-0.15, -0.1) is 11.8 Å². The Morgan fingerprint density at radius 2 is 2.12 bits per heavy atom. The predicted molar refractivity (Wildman–Crippen MR) is 37.8 cm³/mol. The van der Waals surface area contributed by atoms with E-state index in [0.717, 1.165) is 5.75 Å². The minimum atomic E-state index is -0.186. The van der Waals surface area contributed by atoms with Crippen molar-refractivity contribution < 1.29 is 0 Å². The smallest absolute Gasteiger partial charge is 0.0967 e. The normalized spacial score (nSPS) is 10.8. The molecule has 0 aromatic carbocycles. The molecule has 0 aliphatic rings. The lowest BCUT2D eigenvalue weighted by Gasteiger charge is -2.11. The van der Waals surface area contributed by atoms with Crippen molar-refractivity contribution in [1.29, 1.82) is 5.26 Å². The summed E-state index contributed by atoms with van der Waals surface area (Å²) in [6.07, 6.45) is 0. The van der Waals surface area contributed by atoms with Crippen molar-refractivity contribution in [3.05, 3.63) is 0 Å². The molecule has 0 bridgehead atoms. The molecule has 0 unspecified atom stereocenters. The van der Waals surface area contributed by atoms with E-state index in [-0.39, 0.29) is 4.75 Å². The van der Waals surface area contributed by atoms with Gasteiger partial charge in [-0.25, -0.2) is 0 Å². The summed E-state index contributed by atoms with van der Waals surface area (Å²) in [5.74, 6) is 1.01. The van der Waals surface area contributed by atoms with Crippen LogP contribution in [0.3, 0.4) is 0 Å². The molecular weight excluding hydrogens is 118 g/mol. The SMILES string of the molecule is CCSC(C)(C)C#N. The minimum Gasteiger partial charge on any atom is -0.197 e. The van der Waals surface area contributed by atoms with Gasteiger partial charge in [0, 0.05) is 0 Å². The first kappa shape index (κ1) is 7.84. The fourth-order valence-corrected chi connectivity index (χ4v) is 1.18. The van der Waals surface area contributed by atoms with Crippen LogP contribution in [0, 0.1) is 11.3 Å². The Bertz CT molecular complexity index is 102. The summed E-state index contributed by atoms with van der Waals surface area (Å²) < 4.78 is -0.186. The zero-order chi connectivity index (χ0) is 6.62. The number of nitrogens with zero attached hydrogens (tertiary/aromatic N) is 1. The summed E-state index contributed by atoms with van der Waals surface area (Å²) in [6, 6.07) is 2.21. The topological polar surface area (TPSA) is 23.8 Å². The largest absolute Gasteiger partial charge is 0.197 e. The Morgan fingerprint density at radius 3 is 2.25 bits per heavy atom. The average Bonchev–Trinajstić information content (AvgIpc) is 1.67. The first-order chi connectivity index (χ1) is 3.62. The lowest BCUT2D eigenvalue weighted by molar-refractivity contribution is 0.914. The maximum Gasteiger partial charge on any atom is 0.0967 e. The van der Waals surface area contributed by atoms with Crippen LogP contribution in [0.15, 0.2) is 0 Å². The van der Waals surface area contributed by atoms with Crippen LogP contribution in [0.25, 0.3) is 0 Å². The number of hydrogen-bond acceptors (Lipinski definition) is 2. The van der Waals surface area contributed by atoms with Crippen LogP contribution in [0.1, 0.15) is 20.8 Å². The van der Waals surface area contributed by atoms with E-state index in [1.807, 2.05) is 13.8 Å². The van der Waals surface area contributed by atoms with Crippen LogP contribution < -0.4 is 0 Å². The summed E-state index contributed by atoms with van der Waals surface area (Å²) in [7, 11) is 0. The summed E-state index contributed by atoms with van der Waals surface area (Å²) in [4.78, 5) is 0. The third-order valence-electron chi connectivity index (χ3n) is 0.774. The van der Waals surface area contributed by atoms with Crippen LogP contribution in [-0.2, 0) is 0 Å². The first-order valence-corrected chi connectivity index (χ1v) is 3.66. The van der Waals surface area contributed by atoms with Crippen molar-refractivity contribution in [3.8, 4) is 6.07 Å². The second-order valence-corrected chi connectivity index (χ2v) is 3.94. The van der Waals surface area contributed by atoms with Gasteiger partial charge in [-0.05, 0) is 19.6 Å². The van der Waals surface area contributed by atoms with Gasteiger partial charge in [0.2, 0.25) is 0 Å². The lowest BCUT2D eigenvalue weighted by Crippen LogP contribution is -2.10. The van der Waals surface area contributed by atoms with E-state index in [2.05, 4.69) is 13.0 Å². The zero-order valence-electron chi connectivity index (χ0n) is 5.56. The van der Waals surface area contributed by atoms with E-state index < -0.39 is 0 Å². The number of hydrogen-bond donors (Lipinski definition) is 0. The highest BCUT2D eigenvalue weighted by atomic mass is 32.2. The van der Waals surface area contributed by atoms with E-state index in [4.69, 9.17) is 5.26 Å². The molecular formula is C6H11NS. The molecule has 2 heteroatoms. The van der Waals surface area contributed by atoms with Gasteiger partial charge < -0.3 is 0 Å². The fraction of sp³-hybridized carbons (Fsp3) is 0.833. The van der Waals surface area contributed by atoms with E-state index in [1.165, 1.54) is 0 Å². The van der Waals surface area contributed by atoms with Gasteiger partial charge in [0.15, 0.2) is 0 Å². The van der Waals surface area contributed by atoms with Crippen molar-refractivity contribution in [2.24, 2.45) is 0 Å². The summed E-state index contributed by atoms with van der Waals surface area (Å²) in [5, 5.41) is 8.45. The molecule has 46 valence electrons. The monoisotopic (exact) mass is 129 g/mol. The molecule has 0 fully saturated rings. The number of rotatable bonds is 2. The Labute approximate surface area is 55.1 Å². The van der Waals surface area contributed by atoms with Gasteiger partial charge in [0.25, 0.3) is 0 Å². The molecule has 0 rings (SSSR count). The minimum absolute atomic E-state index is 0.186. The lowest BCUT2D eigenvalue weighted by atomic mass is 10.2. The van der Waals surface area contributed by atoms with Crippen molar-refractivity contribution in [3.63, 3.8) is 0 Å². The summed E-state index contributed by atoms with van der Waals surface area (Å²) in [6.45, 7) is 5.92. The van der Waals surface area contributed by atoms with Gasteiger partial charge in [-0.3, -0.25) is 0 Å². The van der Waals surface area contributed by atoms with Crippen molar-refractivity contribution in [2.75, 3.05) is 5.75 Å². The van der Waals surface area contributed by atoms with Crippen molar-refractivity contribution >= 4 is 11.8 Å². The third-order valence-corrected chi connectivity index (χ3v) is 1.88. The van der Waals surface area contributed by atoms with Crippen molar-refractivity contribution in [2.45, 2.75) is 25.5 Å². The van der Waals surface area contributed by atoms with Crippen LogP contribution >= 0.6 is 11.8 Å². The van der Waals surface area contributed by atoms with E-state index in [0.29, 0.717) is 0 Å². The Morgan fingerprint density at radius 1 is 1.62 bits per heavy atom. The Kier molecular flexibility index (Phi) is 2.93. The highest BCUT2D eigenvalue weighted by Crippen LogP contribution is 2.21. The average molecular weight is 129 g/mol. The highest BCUT2D eigenvalue weighted by molar-refractivity contribution is 8.00. The molecule has 0 aromatic heterocycles. The predicted octanol–water partition coefficient (Wildman–Crippen LogP) is 2.04. The van der Waals surface area contributed by atoms with Crippen LogP contribution in [0.5, 0.6) is 0 Å². The zero-order valence-corrected chi connectivity index (χ0v) is 6.38. The van der Waals surface area contributed by atoms with E-state index >= 15 is 0 Å². The standard InChI is InChI=1S/C6H11NS/c1-4-8-6(2,3)5-7/h4H2,1-3H3. The molecule has 1 nitrogen and oxygen atoms in total. The molecule has 0 saturated carbocycles. The molecule has 0 spiro atoms. The molecule has 0 saturated heterocycles. The number of thioether (sulfide) groups is 1. The van der Waals surface area contributed by atoms with Gasteiger partial charge in [0.1, 0.15) is 0 Å². The molecule has 0 radical (unpaired) electrons. The van der Waals surface area contributed by atoms with Gasteiger partial charge in [-0.2, -0.15) is 5.26 Å². The van der Waals surface area contributed by atoms with E-state index in [9.17, 15) is 0 Å². The molecule has 0 aliphatic carbocycles. The molecule has 0 aliphatic heterocycles. The molecule has 8 heavy (non-hydrogen) atoms. The van der Waals surface area contributed by atoms with Crippen molar-refractivity contribution in [1.82, 2.24) is 0 Å². The van der Waals surface area contributed by atoms with E-state index in [1.54, 1.807) is 11.8 Å². The molecule has 0 N–H and O–H groups in total. The molecule has 0 atom stereocenters. The Hall–Kier alpha value is -0.160. The molecule has 0 amide bonds. The maximum atomic E-state index is 8.45. The number of nitriles is 1. The van der Waals surface area contributed by atoms with Crippen LogP contribution in [0.2, 0.25) is 0 Å². The van der Waals surface area contributed by atoms with Crippen LogP contribution in [0.4, 0.5) is 0 Å². The second-order valence-electron chi connectivity index (χ2n) is 2.06. The van der Waals surface area contributed by atoms with Gasteiger partial charge >= 0.3 is 0 Å². The first-order valence-electron chi connectivity index (χ1n) is 2.67. The molecule has 0 heterocycles.